The van der Waals surface area contributed by atoms with Crippen LogP contribution in [0.15, 0.2) is 41.7 Å². The maximum absolute atomic E-state index is 5.31. The quantitative estimate of drug-likeness (QED) is 0.820. The molecule has 1 aromatic heterocycles. The molecule has 0 spiro atoms. The highest BCUT2D eigenvalue weighted by Gasteiger charge is 2.02. The van der Waals surface area contributed by atoms with Gasteiger partial charge in [-0.1, -0.05) is 18.2 Å². The summed E-state index contributed by atoms with van der Waals surface area (Å²) in [5.41, 5.74) is 2.10. The summed E-state index contributed by atoms with van der Waals surface area (Å²) in [4.78, 5) is 11.7. The van der Waals surface area contributed by atoms with Gasteiger partial charge in [0, 0.05) is 18.9 Å². The fourth-order valence-electron chi connectivity index (χ4n) is 1.79. The molecule has 0 bridgehead atoms. The molecule has 4 nitrogen and oxygen atoms in total. The third-order valence-electron chi connectivity index (χ3n) is 2.76. The van der Waals surface area contributed by atoms with E-state index in [1.54, 1.807) is 19.5 Å². The van der Waals surface area contributed by atoms with Crippen LogP contribution in [-0.2, 0) is 6.42 Å². The van der Waals surface area contributed by atoms with Gasteiger partial charge in [0.2, 0.25) is 0 Å². The Morgan fingerprint density at radius 3 is 2.94 bits per heavy atom. The zero-order valence-electron chi connectivity index (χ0n) is 10.7. The maximum atomic E-state index is 5.31. The zero-order valence-corrected chi connectivity index (χ0v) is 10.7. The molecule has 2 rings (SSSR count). The van der Waals surface area contributed by atoms with Gasteiger partial charge in [-0.25, -0.2) is 4.98 Å². The van der Waals surface area contributed by atoms with Crippen molar-refractivity contribution in [3.05, 3.63) is 48.0 Å². The number of H-pyrrole nitrogens is 1. The predicted molar refractivity (Wildman–Crippen MR) is 72.4 cm³/mol. The fraction of sp³-hybridized carbons (Fsp3) is 0.286. The number of hydrogen-bond acceptors (Lipinski definition) is 3. The Morgan fingerprint density at radius 2 is 2.22 bits per heavy atom. The molecule has 2 aromatic rings. The van der Waals surface area contributed by atoms with Gasteiger partial charge in [-0.15, -0.1) is 0 Å². The first-order valence-corrected chi connectivity index (χ1v) is 5.94. The van der Waals surface area contributed by atoms with Crippen molar-refractivity contribution in [2.75, 3.05) is 13.7 Å². The van der Waals surface area contributed by atoms with E-state index >= 15 is 0 Å². The van der Waals surface area contributed by atoms with Crippen molar-refractivity contribution in [1.29, 1.82) is 0 Å². The molecule has 1 aromatic carbocycles. The van der Waals surface area contributed by atoms with Crippen LogP contribution in [0.25, 0.3) is 0 Å². The molecular weight excluding hydrogens is 226 g/mol. The van der Waals surface area contributed by atoms with Crippen molar-refractivity contribution >= 4 is 5.71 Å². The number of ether oxygens (including phenoxy) is 1. The lowest BCUT2D eigenvalue weighted by Crippen LogP contribution is -2.01. The van der Waals surface area contributed by atoms with Crippen molar-refractivity contribution in [3.8, 4) is 5.75 Å². The minimum Gasteiger partial charge on any atom is -0.496 e. The Kier molecular flexibility index (Phi) is 4.12. The number of para-hydroxylation sites is 1. The van der Waals surface area contributed by atoms with Gasteiger partial charge in [0.25, 0.3) is 0 Å². The molecule has 18 heavy (non-hydrogen) atoms. The monoisotopic (exact) mass is 243 g/mol. The number of benzene rings is 1. The molecule has 0 unspecified atom stereocenters. The Bertz CT molecular complexity index is 518. The van der Waals surface area contributed by atoms with Crippen LogP contribution in [-0.4, -0.2) is 29.3 Å². The lowest BCUT2D eigenvalue weighted by molar-refractivity contribution is 0.410. The van der Waals surface area contributed by atoms with Crippen molar-refractivity contribution in [2.45, 2.75) is 13.3 Å². The molecule has 1 N–H and O–H groups in total. The number of imidazole rings is 1. The largest absolute Gasteiger partial charge is 0.496 e. The van der Waals surface area contributed by atoms with E-state index in [1.165, 1.54) is 5.56 Å². The molecule has 0 aliphatic heterocycles. The summed E-state index contributed by atoms with van der Waals surface area (Å²) in [6.45, 7) is 2.69. The molecule has 0 saturated carbocycles. The molecule has 0 fully saturated rings. The van der Waals surface area contributed by atoms with Gasteiger partial charge in [0.1, 0.15) is 5.75 Å². The average Bonchev–Trinajstić information content (AvgIpc) is 2.93. The second kappa shape index (κ2) is 6.00. The third-order valence-corrected chi connectivity index (χ3v) is 2.76. The SMILES string of the molecule is COc1ccccc1CCN=C(C)c1ncc[nH]1. The van der Waals surface area contributed by atoms with Crippen LogP contribution in [0.1, 0.15) is 18.3 Å². The fourth-order valence-corrected chi connectivity index (χ4v) is 1.79. The van der Waals surface area contributed by atoms with Crippen LogP contribution in [0.5, 0.6) is 5.75 Å². The molecule has 94 valence electrons. The van der Waals surface area contributed by atoms with Gasteiger partial charge < -0.3 is 9.72 Å². The summed E-state index contributed by atoms with van der Waals surface area (Å²) in [5.74, 6) is 1.75. The van der Waals surface area contributed by atoms with Crippen LogP contribution in [0.4, 0.5) is 0 Å². The van der Waals surface area contributed by atoms with Crippen LogP contribution >= 0.6 is 0 Å². The van der Waals surface area contributed by atoms with E-state index in [4.69, 9.17) is 4.74 Å². The number of methoxy groups -OCH3 is 1. The third kappa shape index (κ3) is 2.97. The number of nitrogens with one attached hydrogen (secondary N) is 1. The van der Waals surface area contributed by atoms with E-state index in [2.05, 4.69) is 21.0 Å². The van der Waals surface area contributed by atoms with E-state index in [0.717, 1.165) is 30.3 Å². The number of nitrogens with zero attached hydrogens (tertiary/aromatic N) is 2. The number of aromatic nitrogens is 2. The van der Waals surface area contributed by atoms with E-state index in [1.807, 2.05) is 25.1 Å². The molecule has 0 saturated heterocycles. The smallest absolute Gasteiger partial charge is 0.150 e. The van der Waals surface area contributed by atoms with Crippen LogP contribution < -0.4 is 4.74 Å². The Balaban J connectivity index is 1.98. The van der Waals surface area contributed by atoms with Gasteiger partial charge in [-0.05, 0) is 25.0 Å². The Labute approximate surface area is 107 Å². The first-order chi connectivity index (χ1) is 8.81. The van der Waals surface area contributed by atoms with E-state index in [0.29, 0.717) is 0 Å². The second-order valence-corrected chi connectivity index (χ2v) is 3.97. The highest BCUT2D eigenvalue weighted by atomic mass is 16.5. The molecule has 1 heterocycles. The molecule has 0 aliphatic carbocycles. The van der Waals surface area contributed by atoms with E-state index < -0.39 is 0 Å². The molecule has 0 radical (unpaired) electrons. The molecule has 0 atom stereocenters. The molecular formula is C14H17N3O. The highest BCUT2D eigenvalue weighted by Crippen LogP contribution is 2.17. The summed E-state index contributed by atoms with van der Waals surface area (Å²) in [5, 5.41) is 0. The minimum atomic E-state index is 0.729. The molecule has 0 amide bonds. The van der Waals surface area contributed by atoms with Crippen molar-refractivity contribution < 1.29 is 4.74 Å². The van der Waals surface area contributed by atoms with Crippen LogP contribution in [0.2, 0.25) is 0 Å². The van der Waals surface area contributed by atoms with Crippen molar-refractivity contribution in [2.24, 2.45) is 4.99 Å². The lowest BCUT2D eigenvalue weighted by Gasteiger charge is -2.06. The van der Waals surface area contributed by atoms with Crippen molar-refractivity contribution in [1.82, 2.24) is 9.97 Å². The van der Waals surface area contributed by atoms with Gasteiger partial charge in [-0.2, -0.15) is 0 Å². The van der Waals surface area contributed by atoms with Gasteiger partial charge in [0.05, 0.1) is 12.8 Å². The summed E-state index contributed by atoms with van der Waals surface area (Å²) >= 11 is 0. The summed E-state index contributed by atoms with van der Waals surface area (Å²) in [6.07, 6.45) is 4.39. The summed E-state index contributed by atoms with van der Waals surface area (Å²) in [7, 11) is 1.69. The number of hydrogen-bond donors (Lipinski definition) is 1. The van der Waals surface area contributed by atoms with Gasteiger partial charge >= 0.3 is 0 Å². The highest BCUT2D eigenvalue weighted by molar-refractivity contribution is 5.95. The Hall–Kier alpha value is -2.10. The molecule has 4 heteroatoms. The van der Waals surface area contributed by atoms with Crippen LogP contribution in [0.3, 0.4) is 0 Å². The topological polar surface area (TPSA) is 50.3 Å². The Morgan fingerprint density at radius 1 is 1.39 bits per heavy atom. The van der Waals surface area contributed by atoms with Crippen molar-refractivity contribution in [3.63, 3.8) is 0 Å². The summed E-state index contributed by atoms with van der Waals surface area (Å²) < 4.78 is 5.31. The lowest BCUT2D eigenvalue weighted by atomic mass is 10.1. The average molecular weight is 243 g/mol. The molecule has 0 aliphatic rings. The summed E-state index contributed by atoms with van der Waals surface area (Å²) in [6, 6.07) is 8.02. The minimum absolute atomic E-state index is 0.729. The number of aliphatic imine (C=N–C) groups is 1. The van der Waals surface area contributed by atoms with E-state index in [-0.39, 0.29) is 0 Å². The first kappa shape index (κ1) is 12.4. The first-order valence-electron chi connectivity index (χ1n) is 5.94. The van der Waals surface area contributed by atoms with Gasteiger partial charge in [-0.3, -0.25) is 4.99 Å². The van der Waals surface area contributed by atoms with E-state index in [9.17, 15) is 0 Å². The normalized spacial score (nSPS) is 11.6. The van der Waals surface area contributed by atoms with Crippen LogP contribution in [0, 0.1) is 0 Å². The number of aromatic amines is 1. The maximum Gasteiger partial charge on any atom is 0.150 e. The predicted octanol–water partition coefficient (Wildman–Crippen LogP) is 2.47. The van der Waals surface area contributed by atoms with Gasteiger partial charge in [0.15, 0.2) is 5.82 Å². The number of rotatable bonds is 5. The second-order valence-electron chi connectivity index (χ2n) is 3.97. The standard InChI is InChI=1S/C14H17N3O/c1-11(14-16-9-10-17-14)15-8-7-12-5-3-4-6-13(12)18-2/h3-6,9-10H,7-8H2,1-2H3,(H,16,17). The zero-order chi connectivity index (χ0) is 12.8.